The van der Waals surface area contributed by atoms with Crippen LogP contribution in [0.4, 0.5) is 5.69 Å². The zero-order valence-electron chi connectivity index (χ0n) is 15.5. The molecule has 0 saturated heterocycles. The van der Waals surface area contributed by atoms with Crippen LogP contribution in [0.2, 0.25) is 0 Å². The summed E-state index contributed by atoms with van der Waals surface area (Å²) in [5.41, 5.74) is 2.10. The van der Waals surface area contributed by atoms with Gasteiger partial charge < -0.3 is 16.0 Å². The van der Waals surface area contributed by atoms with Gasteiger partial charge in [0.25, 0.3) is 0 Å². The van der Waals surface area contributed by atoms with E-state index < -0.39 is 0 Å². The molecule has 0 bridgehead atoms. The second kappa shape index (κ2) is 10.9. The van der Waals surface area contributed by atoms with Gasteiger partial charge in [0.2, 0.25) is 5.91 Å². The number of hydrogen-bond donors (Lipinski definition) is 3. The number of rotatable bonds is 8. The Morgan fingerprint density at radius 2 is 1.69 bits per heavy atom. The van der Waals surface area contributed by atoms with E-state index in [-0.39, 0.29) is 18.5 Å². The van der Waals surface area contributed by atoms with Crippen molar-refractivity contribution in [2.75, 3.05) is 18.4 Å². The molecule has 0 aromatic heterocycles. The lowest BCUT2D eigenvalue weighted by molar-refractivity contribution is -0.114. The first-order valence-corrected chi connectivity index (χ1v) is 9.11. The molecule has 26 heavy (non-hydrogen) atoms. The molecular formula is C21H28N4O. The van der Waals surface area contributed by atoms with Gasteiger partial charge >= 0.3 is 0 Å². The lowest BCUT2D eigenvalue weighted by Gasteiger charge is -2.17. The summed E-state index contributed by atoms with van der Waals surface area (Å²) in [6.07, 6.45) is 1.99. The molecule has 0 fully saturated rings. The summed E-state index contributed by atoms with van der Waals surface area (Å²) in [6.45, 7) is 4.96. The van der Waals surface area contributed by atoms with Gasteiger partial charge in [0.1, 0.15) is 6.54 Å². The molecule has 0 radical (unpaired) electrons. The number of hydrogen-bond acceptors (Lipinski definition) is 2. The number of guanidine groups is 1. The van der Waals surface area contributed by atoms with E-state index in [0.29, 0.717) is 5.96 Å². The van der Waals surface area contributed by atoms with Crippen molar-refractivity contribution in [2.24, 2.45) is 4.99 Å². The van der Waals surface area contributed by atoms with E-state index in [1.807, 2.05) is 43.3 Å². The first-order chi connectivity index (χ1) is 12.7. The molecule has 0 spiro atoms. The minimum absolute atomic E-state index is 0.0790. The smallest absolute Gasteiger partial charge is 0.246 e. The number of anilines is 1. The molecular weight excluding hydrogens is 324 g/mol. The topological polar surface area (TPSA) is 65.5 Å². The van der Waals surface area contributed by atoms with Crippen LogP contribution in [0, 0.1) is 0 Å². The summed E-state index contributed by atoms with van der Waals surface area (Å²) in [5.74, 6) is 0.529. The Kier molecular flexibility index (Phi) is 8.19. The highest BCUT2D eigenvalue weighted by Crippen LogP contribution is 2.05. The molecule has 0 aliphatic rings. The molecule has 5 nitrogen and oxygen atoms in total. The molecule has 0 aliphatic heterocycles. The van der Waals surface area contributed by atoms with Crippen molar-refractivity contribution in [3.63, 3.8) is 0 Å². The average Bonchev–Trinajstić information content (AvgIpc) is 2.66. The van der Waals surface area contributed by atoms with E-state index in [1.54, 1.807) is 0 Å². The summed E-state index contributed by atoms with van der Waals surface area (Å²) in [6, 6.07) is 20.1. The van der Waals surface area contributed by atoms with Crippen LogP contribution in [0.1, 0.15) is 25.8 Å². The Morgan fingerprint density at radius 3 is 2.35 bits per heavy atom. The number of nitrogens with zero attached hydrogens (tertiary/aromatic N) is 1. The molecule has 1 atom stereocenters. The van der Waals surface area contributed by atoms with Crippen molar-refractivity contribution in [3.05, 3.63) is 66.2 Å². The van der Waals surface area contributed by atoms with Gasteiger partial charge in [-0.3, -0.25) is 4.79 Å². The zero-order chi connectivity index (χ0) is 18.6. The molecule has 1 amide bonds. The highest BCUT2D eigenvalue weighted by atomic mass is 16.1. The third-order valence-electron chi connectivity index (χ3n) is 3.87. The molecule has 0 aliphatic carbocycles. The Bertz CT molecular complexity index is 686. The molecule has 5 heteroatoms. The Hall–Kier alpha value is -2.82. The van der Waals surface area contributed by atoms with Gasteiger partial charge in [0.15, 0.2) is 5.96 Å². The third-order valence-corrected chi connectivity index (χ3v) is 3.87. The molecule has 2 rings (SSSR count). The number of para-hydroxylation sites is 1. The standard InChI is InChI=1S/C21H28N4O/c1-3-22-21(23-16-20(26)25-19-12-8-5-9-13-19)24-17(2)14-15-18-10-6-4-7-11-18/h4-13,17H,3,14-16H2,1-2H3,(H,25,26)(H2,22,23,24). The van der Waals surface area contributed by atoms with Crippen molar-refractivity contribution in [2.45, 2.75) is 32.7 Å². The van der Waals surface area contributed by atoms with Crippen molar-refractivity contribution < 1.29 is 4.79 Å². The van der Waals surface area contributed by atoms with Crippen LogP contribution < -0.4 is 16.0 Å². The van der Waals surface area contributed by atoms with Crippen LogP contribution in [0.25, 0.3) is 0 Å². The number of carbonyl (C=O) groups excluding carboxylic acids is 1. The summed E-state index contributed by atoms with van der Waals surface area (Å²) >= 11 is 0. The van der Waals surface area contributed by atoms with Crippen molar-refractivity contribution in [1.29, 1.82) is 0 Å². The normalized spacial score (nSPS) is 12.3. The van der Waals surface area contributed by atoms with Crippen molar-refractivity contribution in [1.82, 2.24) is 10.6 Å². The fourth-order valence-electron chi connectivity index (χ4n) is 2.53. The number of benzene rings is 2. The van der Waals surface area contributed by atoms with Crippen molar-refractivity contribution >= 4 is 17.6 Å². The number of nitrogens with one attached hydrogen (secondary N) is 3. The molecule has 0 saturated carbocycles. The molecule has 1 unspecified atom stereocenters. The number of aliphatic imine (C=N–C) groups is 1. The number of aryl methyl sites for hydroxylation is 1. The minimum atomic E-state index is -0.134. The first kappa shape index (κ1) is 19.5. The monoisotopic (exact) mass is 352 g/mol. The van der Waals surface area contributed by atoms with E-state index >= 15 is 0 Å². The molecule has 3 N–H and O–H groups in total. The predicted molar refractivity (Wildman–Crippen MR) is 108 cm³/mol. The molecule has 138 valence electrons. The second-order valence-electron chi connectivity index (χ2n) is 6.18. The van der Waals surface area contributed by atoms with Crippen LogP contribution in [-0.4, -0.2) is 31.0 Å². The second-order valence-corrected chi connectivity index (χ2v) is 6.18. The van der Waals surface area contributed by atoms with E-state index in [9.17, 15) is 4.79 Å². The summed E-state index contributed by atoms with van der Waals surface area (Å²) in [7, 11) is 0. The first-order valence-electron chi connectivity index (χ1n) is 9.11. The van der Waals surface area contributed by atoms with Crippen LogP contribution in [0.3, 0.4) is 0 Å². The number of amides is 1. The van der Waals surface area contributed by atoms with Crippen LogP contribution in [-0.2, 0) is 11.2 Å². The van der Waals surface area contributed by atoms with Gasteiger partial charge in [-0.25, -0.2) is 4.99 Å². The maximum absolute atomic E-state index is 12.0. The average molecular weight is 352 g/mol. The molecule has 0 heterocycles. The summed E-state index contributed by atoms with van der Waals surface area (Å²) in [4.78, 5) is 16.4. The Labute approximate surface area is 155 Å². The maximum atomic E-state index is 12.0. The Balaban J connectivity index is 1.82. The lowest BCUT2D eigenvalue weighted by Crippen LogP contribution is -2.42. The largest absolute Gasteiger partial charge is 0.357 e. The van der Waals surface area contributed by atoms with Crippen molar-refractivity contribution in [3.8, 4) is 0 Å². The van der Waals surface area contributed by atoms with Gasteiger partial charge in [-0.1, -0.05) is 48.5 Å². The van der Waals surface area contributed by atoms with Gasteiger partial charge in [0, 0.05) is 18.3 Å². The maximum Gasteiger partial charge on any atom is 0.246 e. The van der Waals surface area contributed by atoms with Gasteiger partial charge in [-0.05, 0) is 44.4 Å². The van der Waals surface area contributed by atoms with Gasteiger partial charge in [0.05, 0.1) is 0 Å². The molecule has 2 aromatic rings. The van der Waals surface area contributed by atoms with Crippen LogP contribution in [0.15, 0.2) is 65.7 Å². The highest BCUT2D eigenvalue weighted by Gasteiger charge is 2.07. The fraction of sp³-hybridized carbons (Fsp3) is 0.333. The van der Waals surface area contributed by atoms with E-state index in [1.165, 1.54) is 5.56 Å². The minimum Gasteiger partial charge on any atom is -0.357 e. The van der Waals surface area contributed by atoms with E-state index in [4.69, 9.17) is 0 Å². The summed E-state index contributed by atoms with van der Waals surface area (Å²) in [5, 5.41) is 9.39. The SMILES string of the molecule is CCNC(=NCC(=O)Nc1ccccc1)NC(C)CCc1ccccc1. The fourth-order valence-corrected chi connectivity index (χ4v) is 2.53. The van der Waals surface area contributed by atoms with E-state index in [0.717, 1.165) is 25.1 Å². The third kappa shape index (κ3) is 7.38. The summed E-state index contributed by atoms with van der Waals surface area (Å²) < 4.78 is 0. The molecule has 2 aromatic carbocycles. The van der Waals surface area contributed by atoms with Gasteiger partial charge in [-0.2, -0.15) is 0 Å². The lowest BCUT2D eigenvalue weighted by atomic mass is 10.1. The highest BCUT2D eigenvalue weighted by molar-refractivity contribution is 5.94. The Morgan fingerprint density at radius 1 is 1.04 bits per heavy atom. The van der Waals surface area contributed by atoms with Crippen LogP contribution >= 0.6 is 0 Å². The quantitative estimate of drug-likeness (QED) is 0.505. The van der Waals surface area contributed by atoms with Gasteiger partial charge in [-0.15, -0.1) is 0 Å². The zero-order valence-corrected chi connectivity index (χ0v) is 15.5. The number of carbonyl (C=O) groups is 1. The van der Waals surface area contributed by atoms with Crippen LogP contribution in [0.5, 0.6) is 0 Å². The van der Waals surface area contributed by atoms with E-state index in [2.05, 4.69) is 52.1 Å². The predicted octanol–water partition coefficient (Wildman–Crippen LogP) is 3.20.